The minimum atomic E-state index is -0.762. The Balaban J connectivity index is 2.20. The largest absolute Gasteiger partial charge is 0.388 e. The zero-order valence-electron chi connectivity index (χ0n) is 9.98. The summed E-state index contributed by atoms with van der Waals surface area (Å²) in [6, 6.07) is 13.3. The van der Waals surface area contributed by atoms with Gasteiger partial charge in [-0.05, 0) is 41.5 Å². The maximum Gasteiger partial charge on any atom is 0.124 e. The SMILES string of the molecule is N#Cc1cccc(C(O)Cc2cc(F)cc(Br)c2)c1. The van der Waals surface area contributed by atoms with Crippen LogP contribution < -0.4 is 0 Å². The molecule has 1 unspecified atom stereocenters. The van der Waals surface area contributed by atoms with Crippen LogP contribution in [0.25, 0.3) is 0 Å². The Morgan fingerprint density at radius 2 is 2.05 bits per heavy atom. The average Bonchev–Trinajstić information content (AvgIpc) is 2.37. The van der Waals surface area contributed by atoms with Crippen LogP contribution in [-0.4, -0.2) is 5.11 Å². The molecule has 0 spiro atoms. The molecular formula is C15H11BrFNO. The molecule has 19 heavy (non-hydrogen) atoms. The van der Waals surface area contributed by atoms with Crippen molar-refractivity contribution >= 4 is 15.9 Å². The molecule has 0 aliphatic rings. The number of halogens is 2. The molecule has 0 amide bonds. The quantitative estimate of drug-likeness (QED) is 0.936. The van der Waals surface area contributed by atoms with Gasteiger partial charge in [-0.3, -0.25) is 0 Å². The third-order valence-corrected chi connectivity index (χ3v) is 3.21. The number of hydrogen-bond acceptors (Lipinski definition) is 2. The molecule has 2 rings (SSSR count). The van der Waals surface area contributed by atoms with Crippen molar-refractivity contribution in [3.8, 4) is 6.07 Å². The van der Waals surface area contributed by atoms with Gasteiger partial charge in [-0.2, -0.15) is 5.26 Å². The number of nitriles is 1. The van der Waals surface area contributed by atoms with Crippen molar-refractivity contribution in [2.75, 3.05) is 0 Å². The second kappa shape index (κ2) is 5.96. The molecule has 1 atom stereocenters. The van der Waals surface area contributed by atoms with Gasteiger partial charge in [0.2, 0.25) is 0 Å². The Hall–Kier alpha value is -1.70. The molecule has 0 saturated carbocycles. The number of hydrogen-bond donors (Lipinski definition) is 1. The van der Waals surface area contributed by atoms with Crippen molar-refractivity contribution in [1.29, 1.82) is 5.26 Å². The lowest BCUT2D eigenvalue weighted by Crippen LogP contribution is -2.02. The van der Waals surface area contributed by atoms with Gasteiger partial charge in [0.25, 0.3) is 0 Å². The Labute approximate surface area is 119 Å². The highest BCUT2D eigenvalue weighted by atomic mass is 79.9. The van der Waals surface area contributed by atoms with Crippen LogP contribution in [0.2, 0.25) is 0 Å². The fourth-order valence-electron chi connectivity index (χ4n) is 1.89. The van der Waals surface area contributed by atoms with E-state index in [1.807, 2.05) is 6.07 Å². The van der Waals surface area contributed by atoms with Crippen molar-refractivity contribution in [2.24, 2.45) is 0 Å². The molecule has 0 aliphatic carbocycles. The maximum atomic E-state index is 13.2. The second-order valence-electron chi connectivity index (χ2n) is 4.23. The highest BCUT2D eigenvalue weighted by Crippen LogP contribution is 2.22. The van der Waals surface area contributed by atoms with Crippen LogP contribution in [0.4, 0.5) is 4.39 Å². The fourth-order valence-corrected chi connectivity index (χ4v) is 2.40. The van der Waals surface area contributed by atoms with Gasteiger partial charge in [-0.1, -0.05) is 28.1 Å². The van der Waals surface area contributed by atoms with E-state index in [9.17, 15) is 9.50 Å². The molecule has 2 aromatic carbocycles. The number of benzene rings is 2. The first-order chi connectivity index (χ1) is 9.08. The molecule has 0 bridgehead atoms. The zero-order valence-corrected chi connectivity index (χ0v) is 11.6. The summed E-state index contributed by atoms with van der Waals surface area (Å²) in [6.07, 6.45) is -0.465. The lowest BCUT2D eigenvalue weighted by Gasteiger charge is -2.11. The summed E-state index contributed by atoms with van der Waals surface area (Å²) in [5.41, 5.74) is 1.85. The standard InChI is InChI=1S/C15H11BrFNO/c16-13-5-11(6-14(17)8-13)7-15(19)12-3-1-2-10(4-12)9-18/h1-6,8,15,19H,7H2. The molecule has 1 N–H and O–H groups in total. The van der Waals surface area contributed by atoms with Crippen LogP contribution >= 0.6 is 15.9 Å². The van der Waals surface area contributed by atoms with Crippen molar-refractivity contribution < 1.29 is 9.50 Å². The van der Waals surface area contributed by atoms with Gasteiger partial charge in [0.05, 0.1) is 17.7 Å². The third-order valence-electron chi connectivity index (χ3n) is 2.75. The van der Waals surface area contributed by atoms with Gasteiger partial charge < -0.3 is 5.11 Å². The van der Waals surface area contributed by atoms with Gasteiger partial charge in [-0.25, -0.2) is 4.39 Å². The van der Waals surface area contributed by atoms with Crippen LogP contribution in [0.5, 0.6) is 0 Å². The summed E-state index contributed by atoms with van der Waals surface area (Å²) in [4.78, 5) is 0. The monoisotopic (exact) mass is 319 g/mol. The van der Waals surface area contributed by atoms with E-state index in [0.717, 1.165) is 0 Å². The highest BCUT2D eigenvalue weighted by Gasteiger charge is 2.10. The van der Waals surface area contributed by atoms with E-state index in [4.69, 9.17) is 5.26 Å². The number of aliphatic hydroxyl groups is 1. The molecule has 2 aromatic rings. The molecule has 0 fully saturated rings. The summed E-state index contributed by atoms with van der Waals surface area (Å²) in [7, 11) is 0. The van der Waals surface area contributed by atoms with Crippen molar-refractivity contribution in [3.63, 3.8) is 0 Å². The minimum Gasteiger partial charge on any atom is -0.388 e. The lowest BCUT2D eigenvalue weighted by molar-refractivity contribution is 0.178. The van der Waals surface area contributed by atoms with Gasteiger partial charge in [0, 0.05) is 10.9 Å². The van der Waals surface area contributed by atoms with Crippen LogP contribution in [0.1, 0.15) is 22.8 Å². The van der Waals surface area contributed by atoms with Gasteiger partial charge in [-0.15, -0.1) is 0 Å². The van der Waals surface area contributed by atoms with Crippen molar-refractivity contribution in [2.45, 2.75) is 12.5 Å². The number of nitrogens with zero attached hydrogens (tertiary/aromatic N) is 1. The highest BCUT2D eigenvalue weighted by molar-refractivity contribution is 9.10. The first kappa shape index (κ1) is 13.7. The molecular weight excluding hydrogens is 309 g/mol. The van der Waals surface area contributed by atoms with Crippen LogP contribution in [0, 0.1) is 17.1 Å². The Kier molecular flexibility index (Phi) is 4.31. The van der Waals surface area contributed by atoms with E-state index in [0.29, 0.717) is 27.6 Å². The Bertz CT molecular complexity index is 616. The summed E-state index contributed by atoms with van der Waals surface area (Å²) >= 11 is 3.22. The van der Waals surface area contributed by atoms with E-state index in [2.05, 4.69) is 15.9 Å². The molecule has 0 saturated heterocycles. The molecule has 0 aliphatic heterocycles. The summed E-state index contributed by atoms with van der Waals surface area (Å²) in [5.74, 6) is -0.345. The second-order valence-corrected chi connectivity index (χ2v) is 5.15. The van der Waals surface area contributed by atoms with E-state index in [-0.39, 0.29) is 5.82 Å². The van der Waals surface area contributed by atoms with Gasteiger partial charge in [0.1, 0.15) is 5.82 Å². The zero-order chi connectivity index (χ0) is 13.8. The Morgan fingerprint density at radius 3 is 2.74 bits per heavy atom. The lowest BCUT2D eigenvalue weighted by atomic mass is 10.00. The van der Waals surface area contributed by atoms with Crippen molar-refractivity contribution in [1.82, 2.24) is 0 Å². The van der Waals surface area contributed by atoms with E-state index >= 15 is 0 Å². The van der Waals surface area contributed by atoms with E-state index in [1.54, 1.807) is 30.3 Å². The molecule has 2 nitrogen and oxygen atoms in total. The normalized spacial score (nSPS) is 11.9. The Morgan fingerprint density at radius 1 is 1.26 bits per heavy atom. The summed E-state index contributed by atoms with van der Waals surface area (Å²) in [5, 5.41) is 18.9. The smallest absolute Gasteiger partial charge is 0.124 e. The first-order valence-electron chi connectivity index (χ1n) is 5.71. The maximum absolute atomic E-state index is 13.2. The first-order valence-corrected chi connectivity index (χ1v) is 6.51. The van der Waals surface area contributed by atoms with Crippen LogP contribution in [0.15, 0.2) is 46.9 Å². The predicted octanol–water partition coefficient (Wildman–Crippen LogP) is 3.74. The van der Waals surface area contributed by atoms with E-state index in [1.165, 1.54) is 12.1 Å². The molecule has 0 heterocycles. The molecule has 0 radical (unpaired) electrons. The average molecular weight is 320 g/mol. The topological polar surface area (TPSA) is 44.0 Å². The molecule has 0 aromatic heterocycles. The minimum absolute atomic E-state index is 0.297. The molecule has 4 heteroatoms. The third kappa shape index (κ3) is 3.63. The number of rotatable bonds is 3. The summed E-state index contributed by atoms with van der Waals surface area (Å²) in [6.45, 7) is 0. The van der Waals surface area contributed by atoms with Crippen LogP contribution in [-0.2, 0) is 6.42 Å². The van der Waals surface area contributed by atoms with Gasteiger partial charge >= 0.3 is 0 Å². The summed E-state index contributed by atoms with van der Waals surface area (Å²) < 4.78 is 13.9. The number of aliphatic hydroxyl groups excluding tert-OH is 1. The fraction of sp³-hybridized carbons (Fsp3) is 0.133. The van der Waals surface area contributed by atoms with Crippen molar-refractivity contribution in [3.05, 3.63) is 69.4 Å². The molecule has 96 valence electrons. The predicted molar refractivity (Wildman–Crippen MR) is 73.9 cm³/mol. The van der Waals surface area contributed by atoms with E-state index < -0.39 is 6.10 Å². The van der Waals surface area contributed by atoms with Gasteiger partial charge in [0.15, 0.2) is 0 Å². The van der Waals surface area contributed by atoms with Crippen LogP contribution in [0.3, 0.4) is 0 Å².